The maximum atomic E-state index is 13.0. The summed E-state index contributed by atoms with van der Waals surface area (Å²) in [4.78, 5) is 36.3. The van der Waals surface area contributed by atoms with Crippen molar-refractivity contribution in [2.45, 2.75) is 6.92 Å². The van der Waals surface area contributed by atoms with Gasteiger partial charge in [-0.05, 0) is 41.5 Å². The number of nitrogens with zero attached hydrogens (tertiary/aromatic N) is 2. The Morgan fingerprint density at radius 3 is 2.50 bits per heavy atom. The highest BCUT2D eigenvalue weighted by atomic mass is 16.6. The molecule has 0 aliphatic rings. The number of carbonyl (C=O) groups is 2. The Hall–Kier alpha value is -5.29. The molecule has 1 N–H and O–H groups in total. The van der Waals surface area contributed by atoms with Crippen LogP contribution in [-0.2, 0) is 4.79 Å². The Bertz CT molecular complexity index is 1580. The van der Waals surface area contributed by atoms with Gasteiger partial charge in [-0.1, -0.05) is 60.7 Å². The Morgan fingerprint density at radius 2 is 1.72 bits per heavy atom. The molecule has 0 atom stereocenters. The highest BCUT2D eigenvalue weighted by Crippen LogP contribution is 2.26. The van der Waals surface area contributed by atoms with E-state index in [0.717, 1.165) is 10.8 Å². The van der Waals surface area contributed by atoms with E-state index in [1.165, 1.54) is 24.3 Å². The van der Waals surface area contributed by atoms with Crippen LogP contribution in [0.1, 0.15) is 21.5 Å². The van der Waals surface area contributed by atoms with Crippen molar-refractivity contribution < 1.29 is 19.2 Å². The normalized spacial score (nSPS) is 10.9. The first-order valence-corrected chi connectivity index (χ1v) is 10.8. The highest BCUT2D eigenvalue weighted by Gasteiger charge is 2.17. The average Bonchev–Trinajstić information content (AvgIpc) is 2.88. The third kappa shape index (κ3) is 5.11. The van der Waals surface area contributed by atoms with Gasteiger partial charge >= 0.3 is 5.97 Å². The fourth-order valence-electron chi connectivity index (χ4n) is 3.60. The van der Waals surface area contributed by atoms with E-state index in [1.807, 2.05) is 36.4 Å². The number of anilines is 1. The molecule has 4 rings (SSSR count). The second-order valence-electron chi connectivity index (χ2n) is 7.83. The second kappa shape index (κ2) is 10.3. The molecule has 0 spiro atoms. The summed E-state index contributed by atoms with van der Waals surface area (Å²) >= 11 is 0. The number of benzene rings is 4. The van der Waals surface area contributed by atoms with Crippen LogP contribution in [-0.4, -0.2) is 16.8 Å². The number of rotatable bonds is 6. The molecule has 0 radical (unpaired) electrons. The summed E-state index contributed by atoms with van der Waals surface area (Å²) in [6.07, 6.45) is 1.30. The Morgan fingerprint density at radius 1 is 1.00 bits per heavy atom. The number of hydrogen-bond donors (Lipinski definition) is 1. The van der Waals surface area contributed by atoms with Gasteiger partial charge in [-0.25, -0.2) is 4.79 Å². The number of para-hydroxylation sites is 1. The average molecular weight is 477 g/mol. The molecule has 0 aromatic heterocycles. The molecule has 0 aliphatic heterocycles. The van der Waals surface area contributed by atoms with Crippen LogP contribution in [0.25, 0.3) is 16.8 Å². The Balaban J connectivity index is 1.62. The molecule has 8 nitrogen and oxygen atoms in total. The Kier molecular flexibility index (Phi) is 6.84. The van der Waals surface area contributed by atoms with Gasteiger partial charge in [0.2, 0.25) is 0 Å². The maximum absolute atomic E-state index is 13.0. The molecular weight excluding hydrogens is 458 g/mol. The van der Waals surface area contributed by atoms with Crippen LogP contribution >= 0.6 is 0 Å². The molecule has 1 amide bonds. The molecule has 0 aliphatic carbocycles. The minimum atomic E-state index is -0.753. The number of nitro benzene ring substituents is 1. The van der Waals surface area contributed by atoms with Gasteiger partial charge in [0.1, 0.15) is 17.4 Å². The topological polar surface area (TPSA) is 122 Å². The number of esters is 1. The van der Waals surface area contributed by atoms with Crippen molar-refractivity contribution in [3.63, 3.8) is 0 Å². The number of nitro groups is 1. The molecule has 4 aromatic rings. The molecule has 0 unspecified atom stereocenters. The van der Waals surface area contributed by atoms with Crippen LogP contribution in [0.3, 0.4) is 0 Å². The summed E-state index contributed by atoms with van der Waals surface area (Å²) in [7, 11) is 0. The van der Waals surface area contributed by atoms with E-state index in [1.54, 1.807) is 43.3 Å². The first kappa shape index (κ1) is 23.9. The van der Waals surface area contributed by atoms with E-state index in [4.69, 9.17) is 4.74 Å². The summed E-state index contributed by atoms with van der Waals surface area (Å²) in [5.41, 5.74) is 1.07. The fourth-order valence-corrected chi connectivity index (χ4v) is 3.60. The lowest BCUT2D eigenvalue weighted by molar-refractivity contribution is -0.384. The van der Waals surface area contributed by atoms with E-state index in [9.17, 15) is 25.0 Å². The predicted octanol–water partition coefficient (Wildman–Crippen LogP) is 5.82. The van der Waals surface area contributed by atoms with Crippen molar-refractivity contribution in [2.24, 2.45) is 0 Å². The second-order valence-corrected chi connectivity index (χ2v) is 7.83. The molecule has 36 heavy (non-hydrogen) atoms. The van der Waals surface area contributed by atoms with Crippen molar-refractivity contribution in [2.75, 3.05) is 5.32 Å². The zero-order chi connectivity index (χ0) is 25.7. The number of nitriles is 1. The van der Waals surface area contributed by atoms with Crippen LogP contribution in [0.15, 0.2) is 90.5 Å². The minimum absolute atomic E-state index is 0.169. The zero-order valence-electron chi connectivity index (χ0n) is 19.1. The Labute approximate surface area is 206 Å². The smallest absolute Gasteiger partial charge is 0.344 e. The standard InChI is InChI=1S/C28H19N3O5/c1-18-13-14-22(31(34)35)16-25(18)30-27(32)21(17-29)15-20-8-3-5-12-26(20)36-28(33)24-11-6-9-19-7-2-4-10-23(19)24/h2-16H,1H3,(H,30,32)/b21-15+. The lowest BCUT2D eigenvalue weighted by Crippen LogP contribution is -2.15. The molecular formula is C28H19N3O5. The summed E-state index contributed by atoms with van der Waals surface area (Å²) in [6.45, 7) is 1.68. The van der Waals surface area contributed by atoms with Crippen molar-refractivity contribution in [1.29, 1.82) is 5.26 Å². The van der Waals surface area contributed by atoms with E-state index < -0.39 is 16.8 Å². The molecule has 8 heteroatoms. The van der Waals surface area contributed by atoms with Crippen molar-refractivity contribution >= 4 is 40.1 Å². The monoisotopic (exact) mass is 477 g/mol. The van der Waals surface area contributed by atoms with Gasteiger partial charge in [0.15, 0.2) is 0 Å². The molecule has 0 bridgehead atoms. The molecule has 0 saturated carbocycles. The van der Waals surface area contributed by atoms with Crippen molar-refractivity contribution in [3.8, 4) is 11.8 Å². The van der Waals surface area contributed by atoms with Gasteiger partial charge in [-0.2, -0.15) is 5.26 Å². The van der Waals surface area contributed by atoms with Gasteiger partial charge in [-0.15, -0.1) is 0 Å². The fraction of sp³-hybridized carbons (Fsp3) is 0.0357. The first-order chi connectivity index (χ1) is 17.4. The number of nitrogens with one attached hydrogen (secondary N) is 1. The van der Waals surface area contributed by atoms with E-state index in [2.05, 4.69) is 5.32 Å². The third-order valence-corrected chi connectivity index (χ3v) is 5.48. The number of carbonyl (C=O) groups excluding carboxylic acids is 2. The summed E-state index contributed by atoms with van der Waals surface area (Å²) < 4.78 is 5.64. The minimum Gasteiger partial charge on any atom is -0.422 e. The van der Waals surface area contributed by atoms with E-state index in [-0.39, 0.29) is 22.7 Å². The number of ether oxygens (including phenoxy) is 1. The molecule has 176 valence electrons. The number of non-ortho nitro benzene ring substituents is 1. The molecule has 0 saturated heterocycles. The molecule has 0 heterocycles. The summed E-state index contributed by atoms with van der Waals surface area (Å²) in [5.74, 6) is -1.17. The van der Waals surface area contributed by atoms with Crippen LogP contribution in [0.2, 0.25) is 0 Å². The summed E-state index contributed by atoms with van der Waals surface area (Å²) in [6, 6.07) is 25.2. The lowest BCUT2D eigenvalue weighted by Gasteiger charge is -2.10. The molecule has 0 fully saturated rings. The van der Waals surface area contributed by atoms with Gasteiger partial charge in [0.05, 0.1) is 16.2 Å². The van der Waals surface area contributed by atoms with E-state index in [0.29, 0.717) is 16.7 Å². The van der Waals surface area contributed by atoms with Crippen LogP contribution in [0, 0.1) is 28.4 Å². The molecule has 4 aromatic carbocycles. The summed E-state index contributed by atoms with van der Waals surface area (Å²) in [5, 5.41) is 24.9. The highest BCUT2D eigenvalue weighted by molar-refractivity contribution is 6.10. The van der Waals surface area contributed by atoms with E-state index >= 15 is 0 Å². The van der Waals surface area contributed by atoms with Crippen molar-refractivity contribution in [1.82, 2.24) is 0 Å². The zero-order valence-corrected chi connectivity index (χ0v) is 19.1. The van der Waals surface area contributed by atoms with Crippen LogP contribution < -0.4 is 10.1 Å². The number of aryl methyl sites for hydroxylation is 1. The lowest BCUT2D eigenvalue weighted by atomic mass is 10.0. The van der Waals surface area contributed by atoms with Crippen molar-refractivity contribution in [3.05, 3.63) is 117 Å². The number of fused-ring (bicyclic) bond motifs is 1. The largest absolute Gasteiger partial charge is 0.422 e. The van der Waals surface area contributed by atoms with Crippen LogP contribution in [0.5, 0.6) is 5.75 Å². The van der Waals surface area contributed by atoms with Crippen LogP contribution in [0.4, 0.5) is 11.4 Å². The van der Waals surface area contributed by atoms with Gasteiger partial charge in [0, 0.05) is 17.7 Å². The van der Waals surface area contributed by atoms with Gasteiger partial charge in [0.25, 0.3) is 11.6 Å². The SMILES string of the molecule is Cc1ccc([N+](=O)[O-])cc1NC(=O)/C(C#N)=C/c1ccccc1OC(=O)c1cccc2ccccc12. The maximum Gasteiger partial charge on any atom is 0.344 e. The number of hydrogen-bond acceptors (Lipinski definition) is 6. The number of amides is 1. The first-order valence-electron chi connectivity index (χ1n) is 10.8. The predicted molar refractivity (Wildman–Crippen MR) is 135 cm³/mol. The van der Waals surface area contributed by atoms with Gasteiger partial charge in [-0.3, -0.25) is 14.9 Å². The van der Waals surface area contributed by atoms with Gasteiger partial charge < -0.3 is 10.1 Å². The quantitative estimate of drug-likeness (QED) is 0.0932. The third-order valence-electron chi connectivity index (χ3n) is 5.48.